The molecule has 7 nitrogen and oxygen atoms in total. The summed E-state index contributed by atoms with van der Waals surface area (Å²) in [7, 11) is 1.33. The van der Waals surface area contributed by atoms with Crippen molar-refractivity contribution in [3.8, 4) is 5.75 Å². The first-order chi connectivity index (χ1) is 14.9. The second kappa shape index (κ2) is 8.57. The maximum absolute atomic E-state index is 12.7. The Morgan fingerprint density at radius 3 is 2.71 bits per heavy atom. The number of fused-ring (bicyclic) bond motifs is 2. The van der Waals surface area contributed by atoms with Crippen LogP contribution < -0.4 is 10.1 Å². The predicted molar refractivity (Wildman–Crippen MR) is 115 cm³/mol. The minimum atomic E-state index is -0.549. The summed E-state index contributed by atoms with van der Waals surface area (Å²) in [6.45, 7) is 2.38. The van der Waals surface area contributed by atoms with Crippen molar-refractivity contribution in [3.05, 3.63) is 42.5 Å². The summed E-state index contributed by atoms with van der Waals surface area (Å²) in [4.78, 5) is 38.5. The lowest BCUT2D eigenvalue weighted by atomic mass is 10.0. The molecule has 0 spiro atoms. The van der Waals surface area contributed by atoms with Gasteiger partial charge in [-0.2, -0.15) is 0 Å². The largest absolute Gasteiger partial charge is 0.493 e. The number of likely N-dealkylation sites (tertiary alicyclic amines) is 1. The summed E-state index contributed by atoms with van der Waals surface area (Å²) in [6, 6.07) is 13.4. The first kappa shape index (κ1) is 21.2. The molecular weight excluding hydrogens is 396 g/mol. The zero-order chi connectivity index (χ0) is 22.0. The van der Waals surface area contributed by atoms with E-state index in [9.17, 15) is 14.4 Å². The van der Waals surface area contributed by atoms with Gasteiger partial charge in [0.1, 0.15) is 11.8 Å². The number of nitrogens with zero attached hydrogens (tertiary/aromatic N) is 1. The van der Waals surface area contributed by atoms with Gasteiger partial charge in [0.25, 0.3) is 0 Å². The predicted octanol–water partition coefficient (Wildman–Crippen LogP) is 2.67. The lowest BCUT2D eigenvalue weighted by Gasteiger charge is -2.25. The summed E-state index contributed by atoms with van der Waals surface area (Å²) >= 11 is 0. The number of hydrogen-bond acceptors (Lipinski definition) is 5. The molecule has 2 aromatic rings. The molecule has 2 fully saturated rings. The zero-order valence-corrected chi connectivity index (χ0v) is 17.9. The second-order valence-electron chi connectivity index (χ2n) is 8.62. The lowest BCUT2D eigenvalue weighted by Crippen LogP contribution is -2.47. The fourth-order valence-corrected chi connectivity index (χ4v) is 4.56. The highest BCUT2D eigenvalue weighted by atomic mass is 16.5. The van der Waals surface area contributed by atoms with E-state index in [0.717, 1.165) is 22.9 Å². The van der Waals surface area contributed by atoms with E-state index in [1.54, 1.807) is 4.90 Å². The Morgan fingerprint density at radius 2 is 1.90 bits per heavy atom. The standard InChI is InChI=1S/C24H28N2O5/c1-24-13-18(23(29)30-2)26(20(24)14-24)22(28)15-25-21(27)11-6-12-31-19-10-5-8-16-7-3-4-9-17(16)19/h3-5,7-10,18,20H,6,11-15H2,1-2H3,(H,25,27)/t18-,20-,24+/m0/s1. The number of carbonyl (C=O) groups excluding carboxylic acids is 3. The molecular formula is C24H28N2O5. The van der Waals surface area contributed by atoms with Crippen LogP contribution in [0.1, 0.15) is 32.6 Å². The average molecular weight is 424 g/mol. The summed E-state index contributed by atoms with van der Waals surface area (Å²) in [5.74, 6) is -0.0352. The van der Waals surface area contributed by atoms with Gasteiger partial charge in [-0.1, -0.05) is 43.3 Å². The van der Waals surface area contributed by atoms with E-state index in [-0.39, 0.29) is 36.2 Å². The van der Waals surface area contributed by atoms with E-state index in [4.69, 9.17) is 9.47 Å². The molecule has 1 saturated heterocycles. The Balaban J connectivity index is 1.21. The molecule has 1 aliphatic heterocycles. The number of carbonyl (C=O) groups is 3. The van der Waals surface area contributed by atoms with Crippen LogP contribution in [0.2, 0.25) is 0 Å². The van der Waals surface area contributed by atoms with Crippen LogP contribution in [0.5, 0.6) is 5.75 Å². The number of piperidine rings is 1. The van der Waals surface area contributed by atoms with Gasteiger partial charge in [0.05, 0.1) is 20.3 Å². The van der Waals surface area contributed by atoms with Crippen molar-refractivity contribution in [1.82, 2.24) is 10.2 Å². The Hall–Kier alpha value is -3.09. The maximum Gasteiger partial charge on any atom is 0.328 e. The van der Waals surface area contributed by atoms with Crippen molar-refractivity contribution >= 4 is 28.6 Å². The van der Waals surface area contributed by atoms with Gasteiger partial charge in [-0.15, -0.1) is 0 Å². The number of rotatable bonds is 8. The number of methoxy groups -OCH3 is 1. The minimum Gasteiger partial charge on any atom is -0.493 e. The van der Waals surface area contributed by atoms with Gasteiger partial charge in [-0.25, -0.2) is 4.79 Å². The molecule has 1 heterocycles. The van der Waals surface area contributed by atoms with E-state index < -0.39 is 12.0 Å². The molecule has 7 heteroatoms. The smallest absolute Gasteiger partial charge is 0.328 e. The molecule has 1 saturated carbocycles. The molecule has 0 bridgehead atoms. The molecule has 0 aromatic heterocycles. The molecule has 1 aliphatic carbocycles. The third-order valence-electron chi connectivity index (χ3n) is 6.39. The molecule has 1 N–H and O–H groups in total. The normalized spacial score (nSPS) is 23.9. The van der Waals surface area contributed by atoms with E-state index >= 15 is 0 Å². The Labute approximate surface area is 181 Å². The van der Waals surface area contributed by atoms with Crippen molar-refractivity contribution < 1.29 is 23.9 Å². The molecule has 0 unspecified atom stereocenters. The molecule has 164 valence electrons. The fourth-order valence-electron chi connectivity index (χ4n) is 4.56. The van der Waals surface area contributed by atoms with Crippen molar-refractivity contribution in [2.45, 2.75) is 44.7 Å². The Morgan fingerprint density at radius 1 is 1.13 bits per heavy atom. The first-order valence-electron chi connectivity index (χ1n) is 10.7. The third kappa shape index (κ3) is 4.36. The van der Waals surface area contributed by atoms with Gasteiger partial charge < -0.3 is 19.7 Å². The monoisotopic (exact) mass is 424 g/mol. The van der Waals surface area contributed by atoms with Crippen molar-refractivity contribution in [1.29, 1.82) is 0 Å². The van der Waals surface area contributed by atoms with Gasteiger partial charge in [0, 0.05) is 17.8 Å². The van der Waals surface area contributed by atoms with Gasteiger partial charge in [0.2, 0.25) is 11.8 Å². The molecule has 2 aliphatic rings. The summed E-state index contributed by atoms with van der Waals surface area (Å²) < 4.78 is 10.7. The third-order valence-corrected chi connectivity index (χ3v) is 6.39. The van der Waals surface area contributed by atoms with Crippen LogP contribution in [0, 0.1) is 5.41 Å². The van der Waals surface area contributed by atoms with Crippen molar-refractivity contribution in [2.75, 3.05) is 20.3 Å². The Kier molecular flexibility index (Phi) is 5.85. The fraction of sp³-hybridized carbons (Fsp3) is 0.458. The molecule has 0 radical (unpaired) electrons. The van der Waals surface area contributed by atoms with Crippen LogP contribution in [0.4, 0.5) is 0 Å². The van der Waals surface area contributed by atoms with Crippen LogP contribution in [-0.4, -0.2) is 55.0 Å². The van der Waals surface area contributed by atoms with Crippen LogP contribution in [0.15, 0.2) is 42.5 Å². The van der Waals surface area contributed by atoms with Gasteiger partial charge in [0.15, 0.2) is 0 Å². The van der Waals surface area contributed by atoms with E-state index in [0.29, 0.717) is 19.4 Å². The molecule has 2 aromatic carbocycles. The van der Waals surface area contributed by atoms with Crippen molar-refractivity contribution in [2.24, 2.45) is 5.41 Å². The number of nitrogens with one attached hydrogen (secondary N) is 1. The summed E-state index contributed by atoms with van der Waals surface area (Å²) in [5, 5.41) is 4.83. The highest BCUT2D eigenvalue weighted by Gasteiger charge is 2.64. The molecule has 31 heavy (non-hydrogen) atoms. The molecule has 3 atom stereocenters. The highest BCUT2D eigenvalue weighted by Crippen LogP contribution is 2.59. The number of esters is 1. The number of amides is 2. The Bertz CT molecular complexity index is 1000. The highest BCUT2D eigenvalue weighted by molar-refractivity contribution is 5.90. The zero-order valence-electron chi connectivity index (χ0n) is 17.9. The lowest BCUT2D eigenvalue weighted by molar-refractivity contribution is -0.151. The summed E-state index contributed by atoms with van der Waals surface area (Å²) in [6.07, 6.45) is 2.32. The number of ether oxygens (including phenoxy) is 2. The average Bonchev–Trinajstić information content (AvgIpc) is 3.34. The van der Waals surface area contributed by atoms with Crippen LogP contribution >= 0.6 is 0 Å². The van der Waals surface area contributed by atoms with Crippen molar-refractivity contribution in [3.63, 3.8) is 0 Å². The number of hydrogen-bond donors (Lipinski definition) is 1. The number of benzene rings is 2. The topological polar surface area (TPSA) is 84.9 Å². The summed E-state index contributed by atoms with van der Waals surface area (Å²) in [5.41, 5.74) is -0.00251. The van der Waals surface area contributed by atoms with E-state index in [2.05, 4.69) is 12.2 Å². The quantitative estimate of drug-likeness (QED) is 0.520. The SMILES string of the molecule is COC(=O)[C@@H]1C[C@]2(C)C[C@@H]2N1C(=O)CNC(=O)CCCOc1cccc2ccccc12. The second-order valence-corrected chi connectivity index (χ2v) is 8.62. The molecule has 4 rings (SSSR count). The van der Waals surface area contributed by atoms with E-state index in [1.165, 1.54) is 7.11 Å². The van der Waals surface area contributed by atoms with Crippen LogP contribution in [0.25, 0.3) is 10.8 Å². The van der Waals surface area contributed by atoms with Gasteiger partial charge in [-0.05, 0) is 36.1 Å². The maximum atomic E-state index is 12.7. The van der Waals surface area contributed by atoms with Gasteiger partial charge in [-0.3, -0.25) is 9.59 Å². The first-order valence-corrected chi connectivity index (χ1v) is 10.7. The van der Waals surface area contributed by atoms with E-state index in [1.807, 2.05) is 42.5 Å². The van der Waals surface area contributed by atoms with Crippen LogP contribution in [0.3, 0.4) is 0 Å². The van der Waals surface area contributed by atoms with Crippen LogP contribution in [-0.2, 0) is 19.1 Å². The minimum absolute atomic E-state index is 0.00251. The van der Waals surface area contributed by atoms with Gasteiger partial charge >= 0.3 is 5.97 Å². The molecule has 2 amide bonds.